The summed E-state index contributed by atoms with van der Waals surface area (Å²) in [5, 5.41) is 2.10. The van der Waals surface area contributed by atoms with Crippen molar-refractivity contribution < 1.29 is 0 Å². The van der Waals surface area contributed by atoms with Crippen LogP contribution < -0.4 is 0 Å². The van der Waals surface area contributed by atoms with Gasteiger partial charge in [0.1, 0.15) is 0 Å². The van der Waals surface area contributed by atoms with Gasteiger partial charge >= 0.3 is 0 Å². The predicted molar refractivity (Wildman–Crippen MR) is 52.8 cm³/mol. The molecule has 0 atom stereocenters. The van der Waals surface area contributed by atoms with E-state index < -0.39 is 0 Å². The summed E-state index contributed by atoms with van der Waals surface area (Å²) in [7, 11) is 0. The minimum atomic E-state index is 1.33. The van der Waals surface area contributed by atoms with Crippen molar-refractivity contribution in [3.8, 4) is 0 Å². The van der Waals surface area contributed by atoms with E-state index in [0.29, 0.717) is 0 Å². The summed E-state index contributed by atoms with van der Waals surface area (Å²) in [5.74, 6) is 0. The Morgan fingerprint density at radius 3 is 2.91 bits per heavy atom. The fraction of sp³-hybridized carbons (Fsp3) is 0.200. The quantitative estimate of drug-likeness (QED) is 0.584. The molecule has 1 rings (SSSR count). The van der Waals surface area contributed by atoms with Gasteiger partial charge in [-0.1, -0.05) is 24.3 Å². The summed E-state index contributed by atoms with van der Waals surface area (Å²) >= 11 is 1.78. The molecule has 1 heteroatoms. The highest BCUT2D eigenvalue weighted by Gasteiger charge is 1.92. The lowest BCUT2D eigenvalue weighted by Crippen LogP contribution is -1.67. The van der Waals surface area contributed by atoms with Crippen molar-refractivity contribution in [3.05, 3.63) is 40.6 Å². The van der Waals surface area contributed by atoms with Crippen LogP contribution in [0, 0.1) is 0 Å². The maximum Gasteiger partial charge on any atom is 0.0299 e. The van der Waals surface area contributed by atoms with E-state index in [1.807, 2.05) is 13.0 Å². The van der Waals surface area contributed by atoms with Crippen LogP contribution >= 0.6 is 11.3 Å². The molecule has 0 N–H and O–H groups in total. The van der Waals surface area contributed by atoms with Gasteiger partial charge in [0.2, 0.25) is 0 Å². The maximum atomic E-state index is 2.14. The van der Waals surface area contributed by atoms with Gasteiger partial charge in [0, 0.05) is 4.88 Å². The van der Waals surface area contributed by atoms with E-state index in [9.17, 15) is 0 Å². The molecule has 0 unspecified atom stereocenters. The van der Waals surface area contributed by atoms with Gasteiger partial charge in [0.05, 0.1) is 0 Å². The van der Waals surface area contributed by atoms with Crippen LogP contribution in [0.3, 0.4) is 0 Å². The van der Waals surface area contributed by atoms with Gasteiger partial charge in [-0.05, 0) is 30.9 Å². The van der Waals surface area contributed by atoms with Crippen molar-refractivity contribution in [2.45, 2.75) is 13.8 Å². The summed E-state index contributed by atoms with van der Waals surface area (Å²) in [6.45, 7) is 4.16. The Morgan fingerprint density at radius 2 is 2.36 bits per heavy atom. The number of hydrogen-bond acceptors (Lipinski definition) is 1. The monoisotopic (exact) mass is 164 g/mol. The van der Waals surface area contributed by atoms with Gasteiger partial charge in [-0.2, -0.15) is 0 Å². The molecule has 0 radical (unpaired) electrons. The Hall–Kier alpha value is -0.820. The van der Waals surface area contributed by atoms with E-state index in [1.54, 1.807) is 11.3 Å². The number of rotatable bonds is 2. The summed E-state index contributed by atoms with van der Waals surface area (Å²) in [6.07, 6.45) is 6.23. The SMILES string of the molecule is C/C=C\C=C(/C)c1cccs1. The van der Waals surface area contributed by atoms with Crippen LogP contribution in [0.15, 0.2) is 35.7 Å². The molecule has 58 valence electrons. The molecule has 0 aliphatic rings. The normalized spacial score (nSPS) is 12.7. The van der Waals surface area contributed by atoms with Gasteiger partial charge in [-0.25, -0.2) is 0 Å². The standard InChI is InChI=1S/C10H12S/c1-3-4-6-9(2)10-7-5-8-11-10/h3-8H,1-2H3/b4-3-,9-6+. The molecular formula is C10H12S. The van der Waals surface area contributed by atoms with Crippen molar-refractivity contribution in [2.24, 2.45) is 0 Å². The Labute approximate surface area is 71.9 Å². The van der Waals surface area contributed by atoms with Gasteiger partial charge < -0.3 is 0 Å². The number of hydrogen-bond donors (Lipinski definition) is 0. The number of thiophene rings is 1. The third-order valence-corrected chi connectivity index (χ3v) is 2.45. The highest BCUT2D eigenvalue weighted by molar-refractivity contribution is 7.11. The van der Waals surface area contributed by atoms with E-state index >= 15 is 0 Å². The Bertz CT molecular complexity index is 252. The first-order valence-electron chi connectivity index (χ1n) is 3.68. The molecule has 1 aromatic rings. The fourth-order valence-electron chi connectivity index (χ4n) is 0.826. The first-order chi connectivity index (χ1) is 5.34. The van der Waals surface area contributed by atoms with Gasteiger partial charge in [0.25, 0.3) is 0 Å². The van der Waals surface area contributed by atoms with Crippen LogP contribution in [0.1, 0.15) is 18.7 Å². The Kier molecular flexibility index (Phi) is 3.12. The third-order valence-electron chi connectivity index (χ3n) is 1.45. The zero-order chi connectivity index (χ0) is 8.10. The van der Waals surface area contributed by atoms with Crippen LogP contribution in [-0.4, -0.2) is 0 Å². The molecule has 0 amide bonds. The molecule has 0 saturated carbocycles. The van der Waals surface area contributed by atoms with Crippen LogP contribution in [0.25, 0.3) is 5.57 Å². The minimum Gasteiger partial charge on any atom is -0.144 e. The summed E-state index contributed by atoms with van der Waals surface area (Å²) < 4.78 is 0. The molecule has 0 nitrogen and oxygen atoms in total. The summed E-state index contributed by atoms with van der Waals surface area (Å²) in [5.41, 5.74) is 1.33. The highest BCUT2D eigenvalue weighted by atomic mass is 32.1. The zero-order valence-electron chi connectivity index (χ0n) is 6.87. The average molecular weight is 164 g/mol. The molecule has 0 aliphatic heterocycles. The lowest BCUT2D eigenvalue weighted by Gasteiger charge is -1.91. The van der Waals surface area contributed by atoms with Crippen molar-refractivity contribution >= 4 is 16.9 Å². The second-order valence-corrected chi connectivity index (χ2v) is 3.30. The van der Waals surface area contributed by atoms with Crippen molar-refractivity contribution in [2.75, 3.05) is 0 Å². The first-order valence-corrected chi connectivity index (χ1v) is 4.56. The van der Waals surface area contributed by atoms with Crippen molar-refractivity contribution in [1.29, 1.82) is 0 Å². The lowest BCUT2D eigenvalue weighted by molar-refractivity contribution is 1.68. The summed E-state index contributed by atoms with van der Waals surface area (Å²) in [6, 6.07) is 4.22. The minimum absolute atomic E-state index is 1.33. The molecule has 1 aromatic heterocycles. The van der Waals surface area contributed by atoms with Crippen molar-refractivity contribution in [3.63, 3.8) is 0 Å². The van der Waals surface area contributed by atoms with E-state index in [-0.39, 0.29) is 0 Å². The van der Waals surface area contributed by atoms with Crippen LogP contribution in [-0.2, 0) is 0 Å². The van der Waals surface area contributed by atoms with Gasteiger partial charge in [-0.3, -0.25) is 0 Å². The molecule has 0 aliphatic carbocycles. The highest BCUT2D eigenvalue weighted by Crippen LogP contribution is 2.18. The Morgan fingerprint density at radius 1 is 1.55 bits per heavy atom. The smallest absolute Gasteiger partial charge is 0.0299 e. The third kappa shape index (κ3) is 2.35. The number of allylic oxidation sites excluding steroid dienone is 4. The molecule has 0 spiro atoms. The fourth-order valence-corrected chi connectivity index (χ4v) is 1.54. The van der Waals surface area contributed by atoms with Gasteiger partial charge in [0.15, 0.2) is 0 Å². The van der Waals surface area contributed by atoms with Crippen LogP contribution in [0.5, 0.6) is 0 Å². The topological polar surface area (TPSA) is 0 Å². The van der Waals surface area contributed by atoms with Crippen molar-refractivity contribution in [1.82, 2.24) is 0 Å². The van der Waals surface area contributed by atoms with E-state index in [1.165, 1.54) is 10.5 Å². The second-order valence-electron chi connectivity index (χ2n) is 2.35. The van der Waals surface area contributed by atoms with Gasteiger partial charge in [-0.15, -0.1) is 11.3 Å². The molecule has 0 fully saturated rings. The van der Waals surface area contributed by atoms with E-state index in [2.05, 4.69) is 36.6 Å². The Balaban J connectivity index is 2.77. The van der Waals surface area contributed by atoms with E-state index in [4.69, 9.17) is 0 Å². The molecule has 0 bridgehead atoms. The molecule has 0 aromatic carbocycles. The van der Waals surface area contributed by atoms with Crippen LogP contribution in [0.4, 0.5) is 0 Å². The summed E-state index contributed by atoms with van der Waals surface area (Å²) in [4.78, 5) is 1.35. The first kappa shape index (κ1) is 8.28. The maximum absolute atomic E-state index is 2.14. The second kappa shape index (κ2) is 4.14. The molecule has 0 saturated heterocycles. The molecular weight excluding hydrogens is 152 g/mol. The largest absolute Gasteiger partial charge is 0.144 e. The van der Waals surface area contributed by atoms with E-state index in [0.717, 1.165) is 0 Å². The average Bonchev–Trinajstić information content (AvgIpc) is 2.52. The van der Waals surface area contributed by atoms with Crippen LogP contribution in [0.2, 0.25) is 0 Å². The zero-order valence-corrected chi connectivity index (χ0v) is 7.69. The lowest BCUT2D eigenvalue weighted by atomic mass is 10.2. The molecule has 1 heterocycles. The predicted octanol–water partition coefficient (Wildman–Crippen LogP) is 3.73. The molecule has 11 heavy (non-hydrogen) atoms.